The molecule has 2 aromatic carbocycles. The van der Waals surface area contributed by atoms with Crippen LogP contribution in [0.5, 0.6) is 5.75 Å². The van der Waals surface area contributed by atoms with Crippen LogP contribution in [0.4, 0.5) is 10.8 Å². The normalized spacial score (nSPS) is 12.3. The van der Waals surface area contributed by atoms with E-state index in [2.05, 4.69) is 29.4 Å². The van der Waals surface area contributed by atoms with Crippen LogP contribution in [-0.4, -0.2) is 12.1 Å². The van der Waals surface area contributed by atoms with E-state index in [1.54, 1.807) is 18.4 Å². The summed E-state index contributed by atoms with van der Waals surface area (Å²) in [6.07, 6.45) is 0. The number of hydrogen-bond acceptors (Lipinski definition) is 5. The molecule has 0 fully saturated rings. The van der Waals surface area contributed by atoms with Gasteiger partial charge in [-0.25, -0.2) is 4.98 Å². The number of benzene rings is 2. The van der Waals surface area contributed by atoms with Gasteiger partial charge in [0.25, 0.3) is 0 Å². The number of nitrogens with one attached hydrogen (secondary N) is 1. The van der Waals surface area contributed by atoms with Crippen molar-refractivity contribution in [2.24, 2.45) is 0 Å². The third kappa shape index (κ3) is 2.92. The largest absolute Gasteiger partial charge is 0.497 e. The summed E-state index contributed by atoms with van der Waals surface area (Å²) in [6, 6.07) is 14.0. The van der Waals surface area contributed by atoms with Crippen LogP contribution in [0.15, 0.2) is 42.5 Å². The second-order valence-electron chi connectivity index (χ2n) is 4.89. The number of nitrogens with two attached hydrogens (primary N) is 1. The Hall–Kier alpha value is -2.27. The molecule has 108 valence electrons. The van der Waals surface area contributed by atoms with Crippen molar-refractivity contribution in [3.8, 4) is 5.75 Å². The maximum atomic E-state index is 5.80. The zero-order valence-corrected chi connectivity index (χ0v) is 12.8. The van der Waals surface area contributed by atoms with Crippen molar-refractivity contribution in [1.82, 2.24) is 4.98 Å². The number of aromatic nitrogens is 1. The summed E-state index contributed by atoms with van der Waals surface area (Å²) in [5, 5.41) is 4.33. The van der Waals surface area contributed by atoms with Gasteiger partial charge in [-0.1, -0.05) is 23.5 Å². The molecule has 3 aromatic rings. The predicted molar refractivity (Wildman–Crippen MR) is 89.1 cm³/mol. The average molecular weight is 299 g/mol. The smallest absolute Gasteiger partial charge is 0.184 e. The van der Waals surface area contributed by atoms with Crippen LogP contribution in [-0.2, 0) is 0 Å². The lowest BCUT2D eigenvalue weighted by atomic mass is 10.1. The number of ether oxygens (including phenoxy) is 1. The zero-order valence-electron chi connectivity index (χ0n) is 12.0. The highest BCUT2D eigenvalue weighted by molar-refractivity contribution is 7.22. The minimum absolute atomic E-state index is 0.175. The maximum absolute atomic E-state index is 5.80. The molecule has 0 aliphatic heterocycles. The van der Waals surface area contributed by atoms with Crippen LogP contribution in [0.25, 0.3) is 10.2 Å². The average Bonchev–Trinajstić information content (AvgIpc) is 2.88. The zero-order chi connectivity index (χ0) is 14.8. The molecule has 4 nitrogen and oxygen atoms in total. The van der Waals surface area contributed by atoms with Crippen molar-refractivity contribution in [3.05, 3.63) is 48.0 Å². The quantitative estimate of drug-likeness (QED) is 0.713. The number of anilines is 2. The lowest BCUT2D eigenvalue weighted by Gasteiger charge is -2.13. The van der Waals surface area contributed by atoms with Crippen molar-refractivity contribution in [1.29, 1.82) is 0 Å². The Bertz CT molecular complexity index is 752. The van der Waals surface area contributed by atoms with Gasteiger partial charge in [-0.05, 0) is 42.8 Å². The molecule has 5 heteroatoms. The number of nitrogen functional groups attached to an aromatic ring is 1. The van der Waals surface area contributed by atoms with Crippen molar-refractivity contribution in [2.75, 3.05) is 18.2 Å². The molecule has 0 aliphatic rings. The Morgan fingerprint density at radius 1 is 1.19 bits per heavy atom. The monoisotopic (exact) mass is 299 g/mol. The lowest BCUT2D eigenvalue weighted by Crippen LogP contribution is -2.06. The van der Waals surface area contributed by atoms with Gasteiger partial charge < -0.3 is 15.8 Å². The van der Waals surface area contributed by atoms with Gasteiger partial charge in [-0.2, -0.15) is 0 Å². The minimum atomic E-state index is 0.175. The van der Waals surface area contributed by atoms with Crippen molar-refractivity contribution < 1.29 is 4.74 Å². The minimum Gasteiger partial charge on any atom is -0.497 e. The standard InChI is InChI=1S/C16H17N3OS/c1-10(11-3-6-13(20-2)7-4-11)18-16-19-14-8-5-12(17)9-15(14)21-16/h3-10H,17H2,1-2H3,(H,18,19). The van der Waals surface area contributed by atoms with Gasteiger partial charge in [-0.3, -0.25) is 0 Å². The highest BCUT2D eigenvalue weighted by Crippen LogP contribution is 2.30. The molecule has 0 radical (unpaired) electrons. The third-order valence-corrected chi connectivity index (χ3v) is 4.32. The summed E-state index contributed by atoms with van der Waals surface area (Å²) in [7, 11) is 1.67. The Morgan fingerprint density at radius 2 is 1.95 bits per heavy atom. The van der Waals surface area contributed by atoms with Crippen molar-refractivity contribution >= 4 is 32.4 Å². The van der Waals surface area contributed by atoms with E-state index < -0.39 is 0 Å². The Morgan fingerprint density at radius 3 is 2.67 bits per heavy atom. The third-order valence-electron chi connectivity index (χ3n) is 3.37. The van der Waals surface area contributed by atoms with Gasteiger partial charge >= 0.3 is 0 Å². The number of fused-ring (bicyclic) bond motifs is 1. The molecule has 0 aliphatic carbocycles. The maximum Gasteiger partial charge on any atom is 0.184 e. The molecule has 1 atom stereocenters. The van der Waals surface area contributed by atoms with Gasteiger partial charge in [0.1, 0.15) is 5.75 Å². The first-order chi connectivity index (χ1) is 10.2. The molecule has 0 amide bonds. The van der Waals surface area contributed by atoms with Crippen LogP contribution in [0.2, 0.25) is 0 Å². The molecule has 3 N–H and O–H groups in total. The van der Waals surface area contributed by atoms with E-state index >= 15 is 0 Å². The first-order valence-electron chi connectivity index (χ1n) is 6.72. The fourth-order valence-electron chi connectivity index (χ4n) is 2.16. The molecule has 1 aromatic heterocycles. The molecule has 0 spiro atoms. The predicted octanol–water partition coefficient (Wildman–Crippen LogP) is 4.06. The van der Waals surface area contributed by atoms with E-state index in [0.29, 0.717) is 0 Å². The molecular formula is C16H17N3OS. The second-order valence-corrected chi connectivity index (χ2v) is 5.92. The molecule has 0 saturated carbocycles. The summed E-state index contributed by atoms with van der Waals surface area (Å²) in [5.41, 5.74) is 8.72. The highest BCUT2D eigenvalue weighted by atomic mass is 32.1. The number of hydrogen-bond donors (Lipinski definition) is 2. The second kappa shape index (κ2) is 5.61. The fourth-order valence-corrected chi connectivity index (χ4v) is 3.17. The first-order valence-corrected chi connectivity index (χ1v) is 7.54. The molecule has 3 rings (SSSR count). The number of nitrogens with zero attached hydrogens (tertiary/aromatic N) is 1. The lowest BCUT2D eigenvalue weighted by molar-refractivity contribution is 0.414. The van der Waals surface area contributed by atoms with Gasteiger partial charge in [0.05, 0.1) is 23.4 Å². The van der Waals surface area contributed by atoms with Crippen LogP contribution in [0.3, 0.4) is 0 Å². The van der Waals surface area contributed by atoms with E-state index in [9.17, 15) is 0 Å². The van der Waals surface area contributed by atoms with Gasteiger partial charge in [-0.15, -0.1) is 0 Å². The summed E-state index contributed by atoms with van der Waals surface area (Å²) in [6.45, 7) is 2.11. The van der Waals surface area contributed by atoms with Crippen LogP contribution in [0, 0.1) is 0 Å². The van der Waals surface area contributed by atoms with E-state index in [1.165, 1.54) is 5.56 Å². The molecule has 21 heavy (non-hydrogen) atoms. The molecule has 1 unspecified atom stereocenters. The number of thiazole rings is 1. The summed E-state index contributed by atoms with van der Waals surface area (Å²) in [4.78, 5) is 4.58. The summed E-state index contributed by atoms with van der Waals surface area (Å²) >= 11 is 1.62. The van der Waals surface area contributed by atoms with Crippen molar-refractivity contribution in [3.63, 3.8) is 0 Å². The molecular weight excluding hydrogens is 282 g/mol. The summed E-state index contributed by atoms with van der Waals surface area (Å²) < 4.78 is 6.27. The van der Waals surface area contributed by atoms with Gasteiger partial charge in [0, 0.05) is 5.69 Å². The SMILES string of the molecule is COc1ccc(C(C)Nc2nc3ccc(N)cc3s2)cc1. The Labute approximate surface area is 127 Å². The Kier molecular flexibility index (Phi) is 3.66. The molecule has 0 saturated heterocycles. The van der Waals surface area contributed by atoms with E-state index in [-0.39, 0.29) is 6.04 Å². The van der Waals surface area contributed by atoms with E-state index in [4.69, 9.17) is 10.5 Å². The fraction of sp³-hybridized carbons (Fsp3) is 0.188. The highest BCUT2D eigenvalue weighted by Gasteiger charge is 2.09. The number of rotatable bonds is 4. The van der Waals surface area contributed by atoms with Crippen LogP contribution < -0.4 is 15.8 Å². The Balaban J connectivity index is 1.79. The summed E-state index contributed by atoms with van der Waals surface area (Å²) in [5.74, 6) is 0.862. The van der Waals surface area contributed by atoms with Gasteiger partial charge in [0.2, 0.25) is 0 Å². The number of methoxy groups -OCH3 is 1. The van der Waals surface area contributed by atoms with Crippen LogP contribution in [0.1, 0.15) is 18.5 Å². The van der Waals surface area contributed by atoms with E-state index in [0.717, 1.165) is 26.8 Å². The van der Waals surface area contributed by atoms with Crippen LogP contribution >= 0.6 is 11.3 Å². The van der Waals surface area contributed by atoms with Gasteiger partial charge in [0.15, 0.2) is 5.13 Å². The first kappa shape index (κ1) is 13.7. The molecule has 1 heterocycles. The van der Waals surface area contributed by atoms with E-state index in [1.807, 2.05) is 30.3 Å². The molecule has 0 bridgehead atoms. The van der Waals surface area contributed by atoms with Crippen molar-refractivity contribution in [2.45, 2.75) is 13.0 Å². The topological polar surface area (TPSA) is 60.2 Å².